The molecule has 0 unspecified atom stereocenters. The van der Waals surface area contributed by atoms with Crippen molar-refractivity contribution >= 4 is 0 Å². The molecule has 1 aromatic carbocycles. The fraction of sp³-hybridized carbons (Fsp3) is 0.474. The van der Waals surface area contributed by atoms with E-state index >= 15 is 0 Å². The van der Waals surface area contributed by atoms with E-state index in [4.69, 9.17) is 4.74 Å². The molecule has 23 heavy (non-hydrogen) atoms. The molecule has 0 radical (unpaired) electrons. The highest BCUT2D eigenvalue weighted by Gasteiger charge is 2.27. The molecule has 1 aliphatic rings. The number of aliphatic hydroxyl groups excluding tert-OH is 1. The van der Waals surface area contributed by atoms with Crippen molar-refractivity contribution in [2.75, 3.05) is 26.3 Å². The smallest absolute Gasteiger partial charge is 0.0739 e. The molecule has 3 rings (SSSR count). The van der Waals surface area contributed by atoms with Gasteiger partial charge in [0.25, 0.3) is 0 Å². The Morgan fingerprint density at radius 1 is 1.22 bits per heavy atom. The normalized spacial score (nSPS) is 20.5. The van der Waals surface area contributed by atoms with E-state index in [2.05, 4.69) is 59.1 Å². The van der Waals surface area contributed by atoms with Crippen LogP contribution in [0, 0.1) is 0 Å². The Labute approximate surface area is 138 Å². The molecule has 1 aromatic heterocycles. The van der Waals surface area contributed by atoms with E-state index in [0.29, 0.717) is 13.2 Å². The van der Waals surface area contributed by atoms with Gasteiger partial charge in [-0.05, 0) is 30.5 Å². The van der Waals surface area contributed by atoms with Crippen LogP contribution in [0.25, 0.3) is 0 Å². The van der Waals surface area contributed by atoms with Crippen LogP contribution in [0.15, 0.2) is 48.7 Å². The molecule has 124 valence electrons. The molecule has 2 aromatic rings. The number of benzene rings is 1. The van der Waals surface area contributed by atoms with Crippen LogP contribution >= 0.6 is 0 Å². The lowest BCUT2D eigenvalue weighted by Gasteiger charge is -2.37. The maximum absolute atomic E-state index is 10.5. The fourth-order valence-corrected chi connectivity index (χ4v) is 3.29. The van der Waals surface area contributed by atoms with Gasteiger partial charge in [0.1, 0.15) is 0 Å². The Bertz CT molecular complexity index is 596. The van der Waals surface area contributed by atoms with Gasteiger partial charge in [0.15, 0.2) is 0 Å². The van der Waals surface area contributed by atoms with Gasteiger partial charge >= 0.3 is 0 Å². The molecule has 1 aliphatic heterocycles. The average Bonchev–Trinajstić information content (AvgIpc) is 3.00. The lowest BCUT2D eigenvalue weighted by molar-refractivity contribution is -0.0305. The van der Waals surface area contributed by atoms with Crippen LogP contribution in [0.1, 0.15) is 23.7 Å². The highest BCUT2D eigenvalue weighted by Crippen LogP contribution is 2.24. The second-order valence-corrected chi connectivity index (χ2v) is 6.31. The Balaban J connectivity index is 1.57. The average molecular weight is 314 g/mol. The first-order valence-corrected chi connectivity index (χ1v) is 8.39. The molecule has 4 nitrogen and oxygen atoms in total. The van der Waals surface area contributed by atoms with Crippen molar-refractivity contribution < 1.29 is 9.84 Å². The minimum absolute atomic E-state index is 0.232. The van der Waals surface area contributed by atoms with Crippen LogP contribution in [0.3, 0.4) is 0 Å². The number of aliphatic hydroxyl groups is 1. The van der Waals surface area contributed by atoms with Crippen LogP contribution in [0.5, 0.6) is 0 Å². The van der Waals surface area contributed by atoms with Crippen LogP contribution in [0.4, 0.5) is 0 Å². The lowest BCUT2D eigenvalue weighted by atomic mass is 10.1. The Morgan fingerprint density at radius 3 is 2.78 bits per heavy atom. The number of hydrogen-bond donors (Lipinski definition) is 1. The van der Waals surface area contributed by atoms with E-state index in [9.17, 15) is 5.11 Å². The SMILES string of the molecule is Cn1cccc1[C@@H]1COCCN1C[C@@H](O)CCc1ccccc1. The molecular formula is C19H26N2O2. The summed E-state index contributed by atoms with van der Waals surface area (Å²) in [5.41, 5.74) is 2.53. The first-order chi connectivity index (χ1) is 11.2. The van der Waals surface area contributed by atoms with Crippen molar-refractivity contribution in [2.45, 2.75) is 25.0 Å². The van der Waals surface area contributed by atoms with Crippen molar-refractivity contribution in [2.24, 2.45) is 7.05 Å². The second-order valence-electron chi connectivity index (χ2n) is 6.31. The summed E-state index contributed by atoms with van der Waals surface area (Å²) in [7, 11) is 2.06. The van der Waals surface area contributed by atoms with Crippen molar-refractivity contribution in [3.8, 4) is 0 Å². The number of morpholine rings is 1. The zero-order chi connectivity index (χ0) is 16.1. The molecule has 0 aliphatic carbocycles. The van der Waals surface area contributed by atoms with E-state index in [1.807, 2.05) is 6.07 Å². The third kappa shape index (κ3) is 4.22. The molecule has 2 atom stereocenters. The number of hydrogen-bond acceptors (Lipinski definition) is 3. The zero-order valence-corrected chi connectivity index (χ0v) is 13.8. The third-order valence-corrected chi connectivity index (χ3v) is 4.62. The van der Waals surface area contributed by atoms with E-state index in [-0.39, 0.29) is 12.1 Å². The summed E-state index contributed by atoms with van der Waals surface area (Å²) in [6, 6.07) is 14.8. The van der Waals surface area contributed by atoms with Crippen molar-refractivity contribution in [3.05, 3.63) is 59.9 Å². The number of ether oxygens (including phenoxy) is 1. The summed E-state index contributed by atoms with van der Waals surface area (Å²) in [6.07, 6.45) is 3.46. The molecule has 0 spiro atoms. The largest absolute Gasteiger partial charge is 0.392 e. The van der Waals surface area contributed by atoms with Crippen LogP contribution in [-0.4, -0.2) is 47.0 Å². The first-order valence-electron chi connectivity index (χ1n) is 8.39. The highest BCUT2D eigenvalue weighted by molar-refractivity contribution is 5.15. The third-order valence-electron chi connectivity index (χ3n) is 4.62. The summed E-state index contributed by atoms with van der Waals surface area (Å²) >= 11 is 0. The van der Waals surface area contributed by atoms with Gasteiger partial charge in [0.05, 0.1) is 25.4 Å². The quantitative estimate of drug-likeness (QED) is 0.889. The van der Waals surface area contributed by atoms with E-state index in [1.54, 1.807) is 0 Å². The van der Waals surface area contributed by atoms with Crippen LogP contribution < -0.4 is 0 Å². The van der Waals surface area contributed by atoms with E-state index in [1.165, 1.54) is 11.3 Å². The van der Waals surface area contributed by atoms with E-state index in [0.717, 1.165) is 26.0 Å². The summed E-state index contributed by atoms with van der Waals surface area (Å²) < 4.78 is 7.81. The van der Waals surface area contributed by atoms with E-state index < -0.39 is 0 Å². The summed E-state index contributed by atoms with van der Waals surface area (Å²) in [4.78, 5) is 2.36. The molecule has 0 bridgehead atoms. The topological polar surface area (TPSA) is 37.6 Å². The molecule has 2 heterocycles. The highest BCUT2D eigenvalue weighted by atomic mass is 16.5. The molecule has 0 amide bonds. The maximum atomic E-state index is 10.5. The molecule has 1 fully saturated rings. The van der Waals surface area contributed by atoms with Crippen molar-refractivity contribution in [1.29, 1.82) is 0 Å². The standard InChI is InChI=1S/C19H26N2O2/c1-20-11-5-8-18(20)19-15-23-13-12-21(19)14-17(22)10-9-16-6-3-2-4-7-16/h2-8,11,17,19,22H,9-10,12-15H2,1H3/t17-,19-/m0/s1. The predicted molar refractivity (Wildman–Crippen MR) is 91.3 cm³/mol. The molecule has 0 saturated carbocycles. The fourth-order valence-electron chi connectivity index (χ4n) is 3.29. The summed E-state index contributed by atoms with van der Waals surface area (Å²) in [5.74, 6) is 0. The van der Waals surface area contributed by atoms with Gasteiger partial charge in [-0.2, -0.15) is 0 Å². The number of rotatable bonds is 6. The number of aryl methyl sites for hydroxylation is 2. The maximum Gasteiger partial charge on any atom is 0.0739 e. The Hall–Kier alpha value is -1.62. The number of nitrogens with zero attached hydrogens (tertiary/aromatic N) is 2. The molecule has 4 heteroatoms. The number of β-amino-alcohol motifs (C(OH)–C–C–N with tert-alkyl or cyclic N) is 1. The van der Waals surface area contributed by atoms with Crippen LogP contribution in [-0.2, 0) is 18.2 Å². The first kappa shape index (κ1) is 16.2. The van der Waals surface area contributed by atoms with Gasteiger partial charge in [0.2, 0.25) is 0 Å². The van der Waals surface area contributed by atoms with Gasteiger partial charge in [-0.1, -0.05) is 30.3 Å². The summed E-state index contributed by atoms with van der Waals surface area (Å²) in [5, 5.41) is 10.5. The van der Waals surface area contributed by atoms with Gasteiger partial charge in [-0.25, -0.2) is 0 Å². The van der Waals surface area contributed by atoms with Crippen molar-refractivity contribution in [1.82, 2.24) is 9.47 Å². The van der Waals surface area contributed by atoms with Gasteiger partial charge in [-0.3, -0.25) is 4.90 Å². The molecular weight excluding hydrogens is 288 g/mol. The predicted octanol–water partition coefficient (Wildman–Crippen LogP) is 2.39. The van der Waals surface area contributed by atoms with Gasteiger partial charge in [-0.15, -0.1) is 0 Å². The van der Waals surface area contributed by atoms with Gasteiger partial charge in [0, 0.05) is 32.0 Å². The molecule has 1 N–H and O–H groups in total. The van der Waals surface area contributed by atoms with Gasteiger partial charge < -0.3 is 14.4 Å². The van der Waals surface area contributed by atoms with Crippen molar-refractivity contribution in [3.63, 3.8) is 0 Å². The Morgan fingerprint density at radius 2 is 2.04 bits per heavy atom. The lowest BCUT2D eigenvalue weighted by Crippen LogP contribution is -2.44. The van der Waals surface area contributed by atoms with Crippen LogP contribution in [0.2, 0.25) is 0 Å². The zero-order valence-electron chi connectivity index (χ0n) is 13.8. The molecule has 1 saturated heterocycles. The second kappa shape index (κ2) is 7.77. The number of aromatic nitrogens is 1. The monoisotopic (exact) mass is 314 g/mol. The summed E-state index contributed by atoms with van der Waals surface area (Å²) in [6.45, 7) is 3.01. The Kier molecular flexibility index (Phi) is 5.49. The minimum Gasteiger partial charge on any atom is -0.392 e. The minimum atomic E-state index is -0.309.